The van der Waals surface area contributed by atoms with Crippen molar-refractivity contribution >= 4 is 49.9 Å². The summed E-state index contributed by atoms with van der Waals surface area (Å²) >= 11 is 13.6. The van der Waals surface area contributed by atoms with Crippen molar-refractivity contribution in [2.24, 2.45) is 0 Å². The van der Waals surface area contributed by atoms with Gasteiger partial charge in [0.05, 0.1) is 14.7 Å². The molecule has 1 heterocycles. The van der Waals surface area contributed by atoms with Gasteiger partial charge in [0.25, 0.3) is 0 Å². The summed E-state index contributed by atoms with van der Waals surface area (Å²) in [6.07, 6.45) is 0. The number of halogens is 2. The fourth-order valence-corrected chi connectivity index (χ4v) is 2.66. The van der Waals surface area contributed by atoms with Gasteiger partial charge in [0, 0.05) is 6.54 Å². The molecule has 0 spiro atoms. The van der Waals surface area contributed by atoms with Crippen molar-refractivity contribution in [2.75, 3.05) is 11.9 Å². The molecule has 0 saturated heterocycles. The number of aromatic nitrogens is 1. The average Bonchev–Trinajstić information content (AvgIpc) is 2.57. The first kappa shape index (κ1) is 10.0. The van der Waals surface area contributed by atoms with E-state index in [1.165, 1.54) is 11.3 Å². The van der Waals surface area contributed by atoms with E-state index < -0.39 is 0 Å². The summed E-state index contributed by atoms with van der Waals surface area (Å²) in [5.41, 5.74) is 0.778. The van der Waals surface area contributed by atoms with Crippen LogP contribution in [-0.2, 0) is 0 Å². The van der Waals surface area contributed by atoms with Crippen molar-refractivity contribution in [1.29, 1.82) is 0 Å². The summed E-state index contributed by atoms with van der Waals surface area (Å²) in [6.45, 7) is 2.87. The Balaban J connectivity index is 2.63. The van der Waals surface area contributed by atoms with Crippen LogP contribution in [0.3, 0.4) is 0 Å². The van der Waals surface area contributed by atoms with Gasteiger partial charge < -0.3 is 5.32 Å². The number of thiazole rings is 1. The van der Waals surface area contributed by atoms with Crippen molar-refractivity contribution in [1.82, 2.24) is 4.98 Å². The maximum atomic E-state index is 6.03. The second kappa shape index (κ2) is 3.93. The molecule has 5 heteroatoms. The van der Waals surface area contributed by atoms with Gasteiger partial charge in [0.1, 0.15) is 5.52 Å². The molecule has 0 aliphatic carbocycles. The van der Waals surface area contributed by atoms with Crippen LogP contribution in [0, 0.1) is 0 Å². The predicted molar refractivity (Wildman–Crippen MR) is 63.8 cm³/mol. The fraction of sp³-hybridized carbons (Fsp3) is 0.222. The van der Waals surface area contributed by atoms with Crippen molar-refractivity contribution in [3.05, 3.63) is 22.2 Å². The molecule has 0 fully saturated rings. The minimum Gasteiger partial charge on any atom is -0.362 e. The molecule has 0 unspecified atom stereocenters. The van der Waals surface area contributed by atoms with E-state index in [0.29, 0.717) is 10.0 Å². The van der Waals surface area contributed by atoms with Gasteiger partial charge in [-0.05, 0) is 19.1 Å². The maximum Gasteiger partial charge on any atom is 0.183 e. The molecule has 0 atom stereocenters. The Hall–Kier alpha value is -0.510. The third-order valence-corrected chi connectivity index (χ3v) is 3.55. The van der Waals surface area contributed by atoms with Crippen LogP contribution < -0.4 is 5.32 Å². The number of benzene rings is 1. The SMILES string of the molecule is CCNc1nc2c(Cl)ccc(Cl)c2s1. The van der Waals surface area contributed by atoms with Crippen molar-refractivity contribution in [2.45, 2.75) is 6.92 Å². The van der Waals surface area contributed by atoms with Crippen LogP contribution in [0.2, 0.25) is 10.0 Å². The number of hydrogen-bond acceptors (Lipinski definition) is 3. The molecular weight excluding hydrogens is 239 g/mol. The van der Waals surface area contributed by atoms with Gasteiger partial charge in [0.2, 0.25) is 0 Å². The van der Waals surface area contributed by atoms with E-state index >= 15 is 0 Å². The van der Waals surface area contributed by atoms with Crippen LogP contribution in [0.5, 0.6) is 0 Å². The number of hydrogen-bond donors (Lipinski definition) is 1. The minimum absolute atomic E-state index is 0.643. The van der Waals surface area contributed by atoms with Crippen molar-refractivity contribution in [3.63, 3.8) is 0 Å². The molecule has 0 bridgehead atoms. The molecule has 1 N–H and O–H groups in total. The molecule has 0 saturated carbocycles. The first-order chi connectivity index (χ1) is 6.72. The number of nitrogens with zero attached hydrogens (tertiary/aromatic N) is 1. The van der Waals surface area contributed by atoms with E-state index in [2.05, 4.69) is 10.3 Å². The molecule has 0 amide bonds. The zero-order chi connectivity index (χ0) is 10.1. The highest BCUT2D eigenvalue weighted by Crippen LogP contribution is 2.35. The van der Waals surface area contributed by atoms with Crippen LogP contribution in [0.25, 0.3) is 10.2 Å². The van der Waals surface area contributed by atoms with E-state index in [-0.39, 0.29) is 0 Å². The predicted octanol–water partition coefficient (Wildman–Crippen LogP) is 4.03. The van der Waals surface area contributed by atoms with Gasteiger partial charge in [0.15, 0.2) is 5.13 Å². The molecule has 0 aliphatic rings. The Morgan fingerprint density at radius 2 is 2.07 bits per heavy atom. The third-order valence-electron chi connectivity index (χ3n) is 1.77. The molecular formula is C9H8Cl2N2S. The Kier molecular flexibility index (Phi) is 2.81. The highest BCUT2D eigenvalue weighted by atomic mass is 35.5. The summed E-state index contributed by atoms with van der Waals surface area (Å²) in [5, 5.41) is 5.34. The first-order valence-corrected chi connectivity index (χ1v) is 5.78. The second-order valence-electron chi connectivity index (χ2n) is 2.76. The molecule has 2 rings (SSSR count). The molecule has 2 aromatic rings. The molecule has 74 valence electrons. The number of nitrogens with one attached hydrogen (secondary N) is 1. The van der Waals surface area contributed by atoms with Crippen molar-refractivity contribution in [3.8, 4) is 0 Å². The molecule has 1 aromatic carbocycles. The molecule has 1 aromatic heterocycles. The average molecular weight is 247 g/mol. The molecule has 0 aliphatic heterocycles. The normalized spacial score (nSPS) is 10.8. The van der Waals surface area contributed by atoms with Gasteiger partial charge >= 0.3 is 0 Å². The zero-order valence-corrected chi connectivity index (χ0v) is 9.80. The Bertz CT molecular complexity index is 428. The lowest BCUT2D eigenvalue weighted by Crippen LogP contribution is -1.94. The van der Waals surface area contributed by atoms with Gasteiger partial charge in [-0.25, -0.2) is 4.98 Å². The van der Waals surface area contributed by atoms with Crippen molar-refractivity contribution < 1.29 is 0 Å². The Morgan fingerprint density at radius 3 is 2.71 bits per heavy atom. The van der Waals surface area contributed by atoms with Crippen LogP contribution in [0.15, 0.2) is 12.1 Å². The summed E-state index contributed by atoms with van der Waals surface area (Å²) in [6, 6.07) is 3.56. The zero-order valence-electron chi connectivity index (χ0n) is 7.47. The van der Waals surface area contributed by atoms with E-state index in [1.807, 2.05) is 6.92 Å². The summed E-state index contributed by atoms with van der Waals surface area (Å²) in [5.74, 6) is 0. The summed E-state index contributed by atoms with van der Waals surface area (Å²) in [7, 11) is 0. The lowest BCUT2D eigenvalue weighted by Gasteiger charge is -1.92. The lowest BCUT2D eigenvalue weighted by molar-refractivity contribution is 1.20. The van der Waals surface area contributed by atoms with Gasteiger partial charge in [-0.1, -0.05) is 34.5 Å². The second-order valence-corrected chi connectivity index (χ2v) is 4.57. The van der Waals surface area contributed by atoms with Crippen LogP contribution in [0.4, 0.5) is 5.13 Å². The molecule has 0 radical (unpaired) electrons. The van der Waals surface area contributed by atoms with Gasteiger partial charge in [-0.15, -0.1) is 0 Å². The monoisotopic (exact) mass is 246 g/mol. The summed E-state index contributed by atoms with van der Waals surface area (Å²) < 4.78 is 0.940. The number of rotatable bonds is 2. The minimum atomic E-state index is 0.643. The van der Waals surface area contributed by atoms with Crippen LogP contribution >= 0.6 is 34.5 Å². The Morgan fingerprint density at radius 1 is 1.36 bits per heavy atom. The van der Waals surface area contributed by atoms with Crippen LogP contribution in [0.1, 0.15) is 6.92 Å². The van der Waals surface area contributed by atoms with Crippen LogP contribution in [-0.4, -0.2) is 11.5 Å². The third kappa shape index (κ3) is 1.67. The standard InChI is InChI=1S/C9H8Cl2N2S/c1-2-12-9-13-7-5(10)3-4-6(11)8(7)14-9/h3-4H,2H2,1H3,(H,12,13). The van der Waals surface area contributed by atoms with E-state index in [4.69, 9.17) is 23.2 Å². The highest BCUT2D eigenvalue weighted by molar-refractivity contribution is 7.22. The quantitative estimate of drug-likeness (QED) is 0.866. The number of anilines is 1. The van der Waals surface area contributed by atoms with E-state index in [1.54, 1.807) is 12.1 Å². The highest BCUT2D eigenvalue weighted by Gasteiger charge is 2.09. The summed E-state index contributed by atoms with van der Waals surface area (Å²) in [4.78, 5) is 4.35. The first-order valence-electron chi connectivity index (χ1n) is 4.20. The Labute approximate surface area is 95.9 Å². The van der Waals surface area contributed by atoms with E-state index in [0.717, 1.165) is 21.9 Å². The van der Waals surface area contributed by atoms with E-state index in [9.17, 15) is 0 Å². The molecule has 2 nitrogen and oxygen atoms in total. The smallest absolute Gasteiger partial charge is 0.183 e. The van der Waals surface area contributed by atoms with Gasteiger partial charge in [-0.3, -0.25) is 0 Å². The lowest BCUT2D eigenvalue weighted by atomic mass is 10.3. The maximum absolute atomic E-state index is 6.03. The topological polar surface area (TPSA) is 24.9 Å². The molecule has 14 heavy (non-hydrogen) atoms. The fourth-order valence-electron chi connectivity index (χ4n) is 1.17. The number of fused-ring (bicyclic) bond motifs is 1. The largest absolute Gasteiger partial charge is 0.362 e. The van der Waals surface area contributed by atoms with Gasteiger partial charge in [-0.2, -0.15) is 0 Å².